The second-order valence-corrected chi connectivity index (χ2v) is 14.5. The Labute approximate surface area is 327 Å². The van der Waals surface area contributed by atoms with Crippen LogP contribution in [-0.2, 0) is 28.5 Å². The number of hydrogen-bond acceptors (Lipinski definition) is 8. The normalized spacial score (nSPS) is 11.9. The number of carbonyl (C=O) groups excluding carboxylic acids is 2. The number of hydrogen-bond donors (Lipinski definition) is 1. The fraction of sp³-hybridized carbons (Fsp3) is 0.867. The Kier molecular flexibility index (Phi) is 41.6. The fourth-order valence-corrected chi connectivity index (χ4v) is 6.16. The number of esters is 2. The summed E-state index contributed by atoms with van der Waals surface area (Å²) in [5.41, 5.74) is 0. The molecule has 0 aromatic heterocycles. The van der Waals surface area contributed by atoms with Crippen LogP contribution in [0.4, 0.5) is 0 Å². The molecule has 0 aliphatic carbocycles. The minimum absolute atomic E-state index is 0.0377. The molecule has 53 heavy (non-hydrogen) atoms. The number of rotatable bonds is 42. The molecule has 1 N–H and O–H groups in total. The van der Waals surface area contributed by atoms with Crippen LogP contribution in [0.1, 0.15) is 194 Å². The first-order chi connectivity index (χ1) is 26.1. The molecule has 0 spiro atoms. The van der Waals surface area contributed by atoms with Gasteiger partial charge in [0.2, 0.25) is 0 Å². The summed E-state index contributed by atoms with van der Waals surface area (Å²) in [6.45, 7) is 11.8. The van der Waals surface area contributed by atoms with Crippen molar-refractivity contribution in [1.82, 2.24) is 4.90 Å². The second-order valence-electron chi connectivity index (χ2n) is 14.5. The Morgan fingerprint density at radius 2 is 0.962 bits per heavy atom. The first kappa shape index (κ1) is 51.3. The van der Waals surface area contributed by atoms with E-state index in [1.165, 1.54) is 38.5 Å². The van der Waals surface area contributed by atoms with Crippen LogP contribution in [0.15, 0.2) is 24.3 Å². The van der Waals surface area contributed by atoms with Crippen LogP contribution in [-0.4, -0.2) is 80.9 Å². The van der Waals surface area contributed by atoms with E-state index in [-0.39, 0.29) is 24.8 Å². The highest BCUT2D eigenvalue weighted by Crippen LogP contribution is 2.13. The van der Waals surface area contributed by atoms with E-state index in [0.717, 1.165) is 135 Å². The van der Waals surface area contributed by atoms with Crippen molar-refractivity contribution in [1.29, 1.82) is 0 Å². The summed E-state index contributed by atoms with van der Waals surface area (Å²) in [5.74, 6) is -0.212. The average Bonchev–Trinajstić information content (AvgIpc) is 3.15. The Bertz CT molecular complexity index is 810. The van der Waals surface area contributed by atoms with Crippen molar-refractivity contribution in [2.24, 2.45) is 0 Å². The van der Waals surface area contributed by atoms with E-state index in [1.807, 2.05) is 0 Å². The molecule has 0 saturated heterocycles. The molecule has 8 nitrogen and oxygen atoms in total. The molecule has 8 heteroatoms. The summed E-state index contributed by atoms with van der Waals surface area (Å²) in [6, 6.07) is 0. The highest BCUT2D eigenvalue weighted by molar-refractivity contribution is 5.69. The van der Waals surface area contributed by atoms with Crippen molar-refractivity contribution < 1.29 is 33.6 Å². The molecule has 312 valence electrons. The highest BCUT2D eigenvalue weighted by Gasteiger charge is 2.13. The van der Waals surface area contributed by atoms with Crippen molar-refractivity contribution in [3.63, 3.8) is 0 Å². The standard InChI is InChI=1S/C45H85NO7/c1-4-7-10-13-21-28-39-50-43(48)32-25-18-16-17-19-26-35-46(37-38-47)36-27-20-24-29-40-51-44(49)33-34-45(52-41-30-22-14-11-8-5-2)53-42-31-23-15-12-9-6-3/h8-9,11-12,45,47H,4-7,10,13-42H2,1-3H3/b11-8-,12-9-. The van der Waals surface area contributed by atoms with Gasteiger partial charge in [0.15, 0.2) is 6.29 Å². The lowest BCUT2D eigenvalue weighted by Gasteiger charge is -2.21. The third kappa shape index (κ3) is 39.8. The van der Waals surface area contributed by atoms with Gasteiger partial charge in [-0.25, -0.2) is 0 Å². The molecular formula is C45H85NO7. The molecule has 0 bridgehead atoms. The van der Waals surface area contributed by atoms with E-state index in [1.54, 1.807) is 0 Å². The third-order valence-corrected chi connectivity index (χ3v) is 9.44. The van der Waals surface area contributed by atoms with Gasteiger partial charge in [0, 0.05) is 32.6 Å². The number of aliphatic hydroxyl groups is 1. The lowest BCUT2D eigenvalue weighted by atomic mass is 10.1. The molecule has 0 aromatic rings. The van der Waals surface area contributed by atoms with E-state index in [9.17, 15) is 14.7 Å². The Morgan fingerprint density at radius 1 is 0.509 bits per heavy atom. The van der Waals surface area contributed by atoms with Crippen molar-refractivity contribution >= 4 is 11.9 Å². The first-order valence-corrected chi connectivity index (χ1v) is 22.2. The molecule has 0 saturated carbocycles. The summed E-state index contributed by atoms with van der Waals surface area (Å²) < 4.78 is 23.0. The smallest absolute Gasteiger partial charge is 0.305 e. The molecule has 0 atom stereocenters. The summed E-state index contributed by atoms with van der Waals surface area (Å²) >= 11 is 0. The molecular weight excluding hydrogens is 666 g/mol. The molecule has 0 aromatic carbocycles. The lowest BCUT2D eigenvalue weighted by Crippen LogP contribution is -2.29. The van der Waals surface area contributed by atoms with Gasteiger partial charge in [-0.1, -0.05) is 116 Å². The number of carbonyl (C=O) groups is 2. The van der Waals surface area contributed by atoms with Gasteiger partial charge in [0.25, 0.3) is 0 Å². The topological polar surface area (TPSA) is 94.5 Å². The molecule has 0 radical (unpaired) electrons. The summed E-state index contributed by atoms with van der Waals surface area (Å²) in [7, 11) is 0. The first-order valence-electron chi connectivity index (χ1n) is 22.2. The minimum atomic E-state index is -0.358. The van der Waals surface area contributed by atoms with E-state index in [2.05, 4.69) is 50.0 Å². The zero-order valence-electron chi connectivity index (χ0n) is 35.0. The van der Waals surface area contributed by atoms with E-state index < -0.39 is 0 Å². The van der Waals surface area contributed by atoms with Crippen LogP contribution in [0, 0.1) is 0 Å². The van der Waals surface area contributed by atoms with Crippen LogP contribution in [0.25, 0.3) is 0 Å². The molecule has 0 fully saturated rings. The SMILES string of the molecule is CC/C=C\CCCCOC(CCC(=O)OCCCCCCN(CCO)CCCCCCCCC(=O)OCCCCCCCC)OCCCC/C=C\CC. The van der Waals surface area contributed by atoms with Crippen LogP contribution in [0.2, 0.25) is 0 Å². The van der Waals surface area contributed by atoms with E-state index >= 15 is 0 Å². The van der Waals surface area contributed by atoms with Gasteiger partial charge in [-0.3, -0.25) is 9.59 Å². The number of allylic oxidation sites excluding steroid dienone is 4. The van der Waals surface area contributed by atoms with E-state index in [4.69, 9.17) is 18.9 Å². The van der Waals surface area contributed by atoms with Crippen LogP contribution in [0.5, 0.6) is 0 Å². The molecule has 0 unspecified atom stereocenters. The minimum Gasteiger partial charge on any atom is -0.466 e. The summed E-state index contributed by atoms with van der Waals surface area (Å²) in [6.07, 6.45) is 36.4. The van der Waals surface area contributed by atoms with Gasteiger partial charge in [-0.2, -0.15) is 0 Å². The maximum atomic E-state index is 12.5. The second kappa shape index (κ2) is 43.0. The van der Waals surface area contributed by atoms with Gasteiger partial charge in [0.05, 0.1) is 26.2 Å². The average molecular weight is 752 g/mol. The van der Waals surface area contributed by atoms with Gasteiger partial charge >= 0.3 is 11.9 Å². The Balaban J connectivity index is 3.98. The predicted molar refractivity (Wildman–Crippen MR) is 221 cm³/mol. The molecule has 0 aliphatic rings. The van der Waals surface area contributed by atoms with Crippen LogP contribution >= 0.6 is 0 Å². The molecule has 0 amide bonds. The van der Waals surface area contributed by atoms with Crippen molar-refractivity contribution in [3.8, 4) is 0 Å². The van der Waals surface area contributed by atoms with Crippen LogP contribution < -0.4 is 0 Å². The maximum Gasteiger partial charge on any atom is 0.305 e. The molecule has 0 rings (SSSR count). The number of ether oxygens (including phenoxy) is 4. The monoisotopic (exact) mass is 752 g/mol. The maximum absolute atomic E-state index is 12.5. The number of nitrogens with zero attached hydrogens (tertiary/aromatic N) is 1. The fourth-order valence-electron chi connectivity index (χ4n) is 6.16. The summed E-state index contributed by atoms with van der Waals surface area (Å²) in [4.78, 5) is 26.7. The largest absolute Gasteiger partial charge is 0.466 e. The van der Waals surface area contributed by atoms with Crippen molar-refractivity contribution in [2.75, 3.05) is 52.7 Å². The molecule has 0 aliphatic heterocycles. The third-order valence-electron chi connectivity index (χ3n) is 9.44. The van der Waals surface area contributed by atoms with E-state index in [0.29, 0.717) is 45.7 Å². The highest BCUT2D eigenvalue weighted by atomic mass is 16.7. The van der Waals surface area contributed by atoms with Gasteiger partial charge in [-0.15, -0.1) is 0 Å². The molecule has 0 heterocycles. The van der Waals surface area contributed by atoms with Gasteiger partial charge < -0.3 is 29.0 Å². The van der Waals surface area contributed by atoms with Crippen molar-refractivity contribution in [2.45, 2.75) is 200 Å². The van der Waals surface area contributed by atoms with Crippen LogP contribution in [0.3, 0.4) is 0 Å². The lowest BCUT2D eigenvalue weighted by molar-refractivity contribution is -0.159. The number of unbranched alkanes of at least 4 members (excludes halogenated alkanes) is 17. The summed E-state index contributed by atoms with van der Waals surface area (Å²) in [5, 5.41) is 9.53. The zero-order valence-corrected chi connectivity index (χ0v) is 35.0. The van der Waals surface area contributed by atoms with Crippen molar-refractivity contribution in [3.05, 3.63) is 24.3 Å². The Hall–Kier alpha value is -1.74. The predicted octanol–water partition coefficient (Wildman–Crippen LogP) is 11.4. The van der Waals surface area contributed by atoms with Gasteiger partial charge in [0.1, 0.15) is 0 Å². The zero-order chi connectivity index (χ0) is 38.7. The van der Waals surface area contributed by atoms with Gasteiger partial charge in [-0.05, 0) is 96.6 Å². The quantitative estimate of drug-likeness (QED) is 0.0285. The number of aliphatic hydroxyl groups excluding tert-OH is 1. The Morgan fingerprint density at radius 3 is 1.47 bits per heavy atom.